The summed E-state index contributed by atoms with van der Waals surface area (Å²) in [7, 11) is 0. The molecule has 0 unspecified atom stereocenters. The molecule has 2 amide bonds. The Morgan fingerprint density at radius 3 is 1.81 bits per heavy atom. The van der Waals surface area contributed by atoms with Crippen molar-refractivity contribution < 1.29 is 24.3 Å². The molecule has 0 aliphatic rings. The van der Waals surface area contributed by atoms with Gasteiger partial charge in [0, 0.05) is 0 Å². The number of carbonyl (C=O) groups excluding carboxylic acids is 3. The van der Waals surface area contributed by atoms with E-state index in [4.69, 9.17) is 5.11 Å². The first-order chi connectivity index (χ1) is 9.67. The number of rotatable bonds is 9. The van der Waals surface area contributed by atoms with Gasteiger partial charge in [0.25, 0.3) is 5.91 Å². The van der Waals surface area contributed by atoms with Gasteiger partial charge in [-0.2, -0.15) is 0 Å². The Kier molecular flexibility index (Phi) is 8.26. The van der Waals surface area contributed by atoms with Crippen LogP contribution in [0.2, 0.25) is 0 Å². The summed E-state index contributed by atoms with van der Waals surface area (Å²) in [4.78, 5) is 44.8. The van der Waals surface area contributed by atoms with Crippen LogP contribution >= 0.6 is 0 Å². The molecule has 3 N–H and O–H groups in total. The smallest absolute Gasteiger partial charge is 0.326 e. The Labute approximate surface area is 124 Å². The molecule has 0 rings (SSSR count). The van der Waals surface area contributed by atoms with Crippen LogP contribution in [0.4, 0.5) is 0 Å². The number of amides is 2. The molecule has 0 aromatic rings. The fourth-order valence-electron chi connectivity index (χ4n) is 1.87. The summed E-state index contributed by atoms with van der Waals surface area (Å²) in [6.45, 7) is 7.41. The van der Waals surface area contributed by atoms with E-state index in [2.05, 4.69) is 10.6 Å². The monoisotopic (exact) mass is 300 g/mol. The van der Waals surface area contributed by atoms with Crippen LogP contribution in [0, 0.1) is 11.8 Å². The minimum absolute atomic E-state index is 0.0867. The number of aliphatic carboxylic acids is 1. The maximum Gasteiger partial charge on any atom is 0.326 e. The molecule has 0 aromatic carbocycles. The van der Waals surface area contributed by atoms with Crippen molar-refractivity contribution in [2.24, 2.45) is 11.8 Å². The summed E-state index contributed by atoms with van der Waals surface area (Å²) in [5.74, 6) is -2.42. The molecular weight excluding hydrogens is 276 g/mol. The van der Waals surface area contributed by atoms with Crippen LogP contribution in [0.25, 0.3) is 0 Å². The normalized spacial score (nSPS) is 13.6. The van der Waals surface area contributed by atoms with Gasteiger partial charge in [-0.1, -0.05) is 27.7 Å². The third-order valence-corrected chi connectivity index (χ3v) is 2.77. The molecule has 0 bridgehead atoms. The SMILES string of the molecule is CC(C)C[C@H](NC(=O)[C@H](CC(C)C)NC(=O)C=O)C(=O)O. The Bertz CT molecular complexity index is 393. The van der Waals surface area contributed by atoms with Gasteiger partial charge in [0.2, 0.25) is 12.2 Å². The molecule has 0 aromatic heterocycles. The molecule has 7 nitrogen and oxygen atoms in total. The number of carbonyl (C=O) groups is 4. The molecule has 0 radical (unpaired) electrons. The molecule has 7 heteroatoms. The Hall–Kier alpha value is -1.92. The molecule has 0 fully saturated rings. The molecule has 0 aliphatic carbocycles. The summed E-state index contributed by atoms with van der Waals surface area (Å²) >= 11 is 0. The number of carboxylic acids is 1. The fraction of sp³-hybridized carbons (Fsp3) is 0.714. The summed E-state index contributed by atoms with van der Waals surface area (Å²) in [5, 5.41) is 13.8. The van der Waals surface area contributed by atoms with Gasteiger partial charge in [0.15, 0.2) is 0 Å². The van der Waals surface area contributed by atoms with Crippen molar-refractivity contribution in [3.8, 4) is 0 Å². The highest BCUT2D eigenvalue weighted by atomic mass is 16.4. The average molecular weight is 300 g/mol. The average Bonchev–Trinajstić information content (AvgIpc) is 2.35. The van der Waals surface area contributed by atoms with Gasteiger partial charge in [-0.3, -0.25) is 14.4 Å². The lowest BCUT2D eigenvalue weighted by Gasteiger charge is -2.22. The number of aldehydes is 1. The van der Waals surface area contributed by atoms with Crippen molar-refractivity contribution in [1.82, 2.24) is 10.6 Å². The lowest BCUT2D eigenvalue weighted by atomic mass is 10.0. The van der Waals surface area contributed by atoms with Gasteiger partial charge in [0.1, 0.15) is 12.1 Å². The van der Waals surface area contributed by atoms with Crippen molar-refractivity contribution in [1.29, 1.82) is 0 Å². The zero-order chi connectivity index (χ0) is 16.6. The van der Waals surface area contributed by atoms with Crippen LogP contribution in [0.3, 0.4) is 0 Å². The zero-order valence-electron chi connectivity index (χ0n) is 12.9. The highest BCUT2D eigenvalue weighted by molar-refractivity contribution is 6.24. The van der Waals surface area contributed by atoms with E-state index in [9.17, 15) is 19.2 Å². The molecule has 0 spiro atoms. The molecule has 21 heavy (non-hydrogen) atoms. The first-order valence-electron chi connectivity index (χ1n) is 6.96. The minimum Gasteiger partial charge on any atom is -0.480 e. The lowest BCUT2D eigenvalue weighted by Crippen LogP contribution is -2.52. The Balaban J connectivity index is 4.87. The van der Waals surface area contributed by atoms with Gasteiger partial charge in [-0.15, -0.1) is 0 Å². The highest BCUT2D eigenvalue weighted by Crippen LogP contribution is 2.08. The minimum atomic E-state index is -1.12. The topological polar surface area (TPSA) is 113 Å². The predicted octanol–water partition coefficient (Wildman–Crippen LogP) is 0.332. The second-order valence-corrected chi connectivity index (χ2v) is 5.84. The zero-order valence-corrected chi connectivity index (χ0v) is 12.9. The molecule has 0 saturated heterocycles. The van der Waals surface area contributed by atoms with Crippen molar-refractivity contribution in [2.75, 3.05) is 0 Å². The lowest BCUT2D eigenvalue weighted by molar-refractivity contribution is -0.143. The molecule has 2 atom stereocenters. The van der Waals surface area contributed by atoms with E-state index in [1.165, 1.54) is 0 Å². The number of hydrogen-bond acceptors (Lipinski definition) is 4. The second kappa shape index (κ2) is 9.10. The Morgan fingerprint density at radius 2 is 1.43 bits per heavy atom. The summed E-state index contributed by atoms with van der Waals surface area (Å²) in [5.41, 5.74) is 0. The molecule has 0 heterocycles. The Morgan fingerprint density at radius 1 is 0.952 bits per heavy atom. The van der Waals surface area contributed by atoms with E-state index in [-0.39, 0.29) is 24.5 Å². The summed E-state index contributed by atoms with van der Waals surface area (Å²) in [6.07, 6.45) is 0.694. The van der Waals surface area contributed by atoms with Crippen LogP contribution in [-0.2, 0) is 19.2 Å². The maximum absolute atomic E-state index is 12.1. The number of carboxylic acid groups (broad SMARTS) is 1. The van der Waals surface area contributed by atoms with Crippen LogP contribution in [0.15, 0.2) is 0 Å². The van der Waals surface area contributed by atoms with Gasteiger partial charge >= 0.3 is 5.97 Å². The second-order valence-electron chi connectivity index (χ2n) is 5.84. The van der Waals surface area contributed by atoms with Gasteiger partial charge in [-0.05, 0) is 24.7 Å². The number of hydrogen-bond donors (Lipinski definition) is 3. The van der Waals surface area contributed by atoms with E-state index in [1.54, 1.807) is 0 Å². The molecule has 0 saturated carbocycles. The first-order valence-corrected chi connectivity index (χ1v) is 6.96. The molecule has 120 valence electrons. The van der Waals surface area contributed by atoms with E-state index in [0.717, 1.165) is 0 Å². The van der Waals surface area contributed by atoms with Crippen molar-refractivity contribution in [3.63, 3.8) is 0 Å². The van der Waals surface area contributed by atoms with Gasteiger partial charge < -0.3 is 15.7 Å². The molecular formula is C14H24N2O5. The summed E-state index contributed by atoms with van der Waals surface area (Å²) < 4.78 is 0. The van der Waals surface area contributed by atoms with Crippen molar-refractivity contribution >= 4 is 24.1 Å². The standard InChI is InChI=1S/C14H24N2O5/c1-8(2)5-10(15-12(18)7-17)13(19)16-11(14(20)21)6-9(3)4/h7-11H,5-6H2,1-4H3,(H,15,18)(H,16,19)(H,20,21)/t10-,11-/m0/s1. The summed E-state index contributed by atoms with van der Waals surface area (Å²) in [6, 6.07) is -1.93. The van der Waals surface area contributed by atoms with E-state index in [1.807, 2.05) is 27.7 Å². The van der Waals surface area contributed by atoms with Crippen LogP contribution in [0.1, 0.15) is 40.5 Å². The maximum atomic E-state index is 12.1. The third-order valence-electron chi connectivity index (χ3n) is 2.77. The molecule has 0 aliphatic heterocycles. The third kappa shape index (κ3) is 8.06. The quantitative estimate of drug-likeness (QED) is 0.419. The largest absolute Gasteiger partial charge is 0.480 e. The van der Waals surface area contributed by atoms with Gasteiger partial charge in [-0.25, -0.2) is 4.79 Å². The number of nitrogens with one attached hydrogen (secondary N) is 2. The fourth-order valence-corrected chi connectivity index (χ4v) is 1.87. The van der Waals surface area contributed by atoms with E-state index >= 15 is 0 Å². The van der Waals surface area contributed by atoms with E-state index < -0.39 is 29.9 Å². The first kappa shape index (κ1) is 19.1. The van der Waals surface area contributed by atoms with Gasteiger partial charge in [0.05, 0.1) is 0 Å². The van der Waals surface area contributed by atoms with Crippen LogP contribution in [0.5, 0.6) is 0 Å². The highest BCUT2D eigenvalue weighted by Gasteiger charge is 2.27. The van der Waals surface area contributed by atoms with Crippen LogP contribution in [-0.4, -0.2) is 41.3 Å². The van der Waals surface area contributed by atoms with Crippen LogP contribution < -0.4 is 10.6 Å². The predicted molar refractivity (Wildman–Crippen MR) is 76.5 cm³/mol. The van der Waals surface area contributed by atoms with E-state index in [0.29, 0.717) is 6.42 Å². The van der Waals surface area contributed by atoms with Crippen molar-refractivity contribution in [3.05, 3.63) is 0 Å². The van der Waals surface area contributed by atoms with Crippen molar-refractivity contribution in [2.45, 2.75) is 52.6 Å².